The van der Waals surface area contributed by atoms with Gasteiger partial charge in [0.2, 0.25) is 0 Å². The molecule has 0 unspecified atom stereocenters. The van der Waals surface area contributed by atoms with Gasteiger partial charge < -0.3 is 19.4 Å². The summed E-state index contributed by atoms with van der Waals surface area (Å²) in [4.78, 5) is 19.5. The van der Waals surface area contributed by atoms with Gasteiger partial charge in [-0.1, -0.05) is 0 Å². The molecule has 11 nitrogen and oxygen atoms in total. The molecule has 0 saturated carbocycles. The maximum atomic E-state index is 14.2. The molecular formula is C27H27F3N8O3. The Hall–Kier alpha value is -4.30. The van der Waals surface area contributed by atoms with Gasteiger partial charge in [0.15, 0.2) is 5.82 Å². The van der Waals surface area contributed by atoms with Crippen LogP contribution in [-0.2, 0) is 42.9 Å². The maximum Gasteiger partial charge on any atom is 0.416 e. The molecule has 1 fully saturated rings. The Labute approximate surface area is 232 Å². The molecule has 1 amide bonds. The Morgan fingerprint density at radius 3 is 2.61 bits per heavy atom. The van der Waals surface area contributed by atoms with Gasteiger partial charge in [0.25, 0.3) is 5.91 Å². The van der Waals surface area contributed by atoms with Crippen LogP contribution < -0.4 is 10.2 Å². The first-order valence-corrected chi connectivity index (χ1v) is 13.0. The summed E-state index contributed by atoms with van der Waals surface area (Å²) >= 11 is 0. The van der Waals surface area contributed by atoms with Crippen molar-refractivity contribution in [2.45, 2.75) is 32.4 Å². The molecule has 1 aromatic carbocycles. The minimum atomic E-state index is -4.65. The highest BCUT2D eigenvalue weighted by molar-refractivity contribution is 6.10. The van der Waals surface area contributed by atoms with Crippen molar-refractivity contribution in [2.75, 3.05) is 30.0 Å². The monoisotopic (exact) mass is 568 g/mol. The third-order valence-electron chi connectivity index (χ3n) is 7.11. The first kappa shape index (κ1) is 26.9. The molecule has 1 N–H and O–H groups in total. The summed E-state index contributed by atoms with van der Waals surface area (Å²) in [6.07, 6.45) is -1.58. The van der Waals surface area contributed by atoms with Crippen LogP contribution in [0, 0.1) is 0 Å². The fraction of sp³-hybridized carbons (Fsp3) is 0.370. The molecular weight excluding hydrogens is 541 g/mol. The maximum absolute atomic E-state index is 14.2. The van der Waals surface area contributed by atoms with Gasteiger partial charge in [-0.3, -0.25) is 14.4 Å². The predicted molar refractivity (Wildman–Crippen MR) is 142 cm³/mol. The number of fused-ring (bicyclic) bond motifs is 1. The average molecular weight is 569 g/mol. The second-order valence-electron chi connectivity index (χ2n) is 9.95. The van der Waals surface area contributed by atoms with Gasteiger partial charge in [0.1, 0.15) is 24.1 Å². The molecule has 214 valence electrons. The highest BCUT2D eigenvalue weighted by atomic mass is 19.4. The van der Waals surface area contributed by atoms with Crippen LogP contribution in [0.15, 0.2) is 36.8 Å². The van der Waals surface area contributed by atoms with Gasteiger partial charge in [-0.2, -0.15) is 18.3 Å². The van der Waals surface area contributed by atoms with E-state index >= 15 is 0 Å². The van der Waals surface area contributed by atoms with Crippen molar-refractivity contribution in [1.82, 2.24) is 29.5 Å². The Bertz CT molecular complexity index is 1630. The molecule has 3 aromatic heterocycles. The lowest BCUT2D eigenvalue weighted by molar-refractivity contribution is -0.139. The Morgan fingerprint density at radius 1 is 1.15 bits per heavy atom. The molecule has 2 aliphatic heterocycles. The van der Waals surface area contributed by atoms with Crippen molar-refractivity contribution in [1.29, 1.82) is 0 Å². The molecule has 2 aliphatic rings. The number of amides is 1. The van der Waals surface area contributed by atoms with Crippen molar-refractivity contribution in [3.8, 4) is 22.6 Å². The number of halogens is 3. The molecule has 6 rings (SSSR count). The number of nitrogens with one attached hydrogen (secondary N) is 1. The zero-order chi connectivity index (χ0) is 28.9. The van der Waals surface area contributed by atoms with Crippen molar-refractivity contribution in [3.05, 3.63) is 59.0 Å². The first-order valence-electron chi connectivity index (χ1n) is 13.0. The number of pyridine rings is 1. The van der Waals surface area contributed by atoms with Gasteiger partial charge in [0.05, 0.1) is 49.4 Å². The van der Waals surface area contributed by atoms with E-state index in [0.29, 0.717) is 48.2 Å². The van der Waals surface area contributed by atoms with Crippen LogP contribution in [0.5, 0.6) is 0 Å². The molecule has 0 bridgehead atoms. The molecule has 5 heterocycles. The zero-order valence-corrected chi connectivity index (χ0v) is 22.6. The molecule has 41 heavy (non-hydrogen) atoms. The van der Waals surface area contributed by atoms with E-state index in [1.54, 1.807) is 41.0 Å². The van der Waals surface area contributed by atoms with Crippen molar-refractivity contribution >= 4 is 17.5 Å². The number of benzene rings is 1. The number of aromatic nitrogens is 6. The fourth-order valence-electron chi connectivity index (χ4n) is 5.05. The smallest absolute Gasteiger partial charge is 0.376 e. The van der Waals surface area contributed by atoms with Crippen LogP contribution >= 0.6 is 0 Å². The summed E-state index contributed by atoms with van der Waals surface area (Å²) in [6.45, 7) is 2.91. The number of rotatable bonds is 8. The molecule has 14 heteroatoms. The standard InChI is InChI=1S/C27H27F3N8O3/c1-4-31-22-7-16(24-19(9-33-37(24)3)25-35-32-14-36(25)2)8-23(34-22)38-10-20-18(26(38)39)5-15(6-21(20)27(28,29)30)11-41-17-12-40-13-17/h5-9,14,17H,4,10-13H2,1-3H3,(H,31,34). The predicted octanol–water partition coefficient (Wildman–Crippen LogP) is 3.80. The van der Waals surface area contributed by atoms with E-state index in [1.165, 1.54) is 11.0 Å². The summed E-state index contributed by atoms with van der Waals surface area (Å²) < 4.78 is 56.7. The number of hydrogen-bond acceptors (Lipinski definition) is 8. The molecule has 0 radical (unpaired) electrons. The summed E-state index contributed by atoms with van der Waals surface area (Å²) in [5.74, 6) is 0.688. The number of carbonyl (C=O) groups excluding carboxylic acids is 1. The minimum absolute atomic E-state index is 0.0132. The van der Waals surface area contributed by atoms with Gasteiger partial charge >= 0.3 is 6.18 Å². The summed E-state index contributed by atoms with van der Waals surface area (Å²) in [6, 6.07) is 6.02. The van der Waals surface area contributed by atoms with Gasteiger partial charge in [0, 0.05) is 31.8 Å². The van der Waals surface area contributed by atoms with Crippen molar-refractivity contribution in [3.63, 3.8) is 0 Å². The number of ether oxygens (including phenoxy) is 2. The molecule has 0 atom stereocenters. The summed E-state index contributed by atoms with van der Waals surface area (Å²) in [5.41, 5.74) is 1.36. The Kier molecular flexibility index (Phi) is 6.74. The number of nitrogens with zero attached hydrogens (tertiary/aromatic N) is 7. The van der Waals surface area contributed by atoms with Crippen molar-refractivity contribution in [2.24, 2.45) is 14.1 Å². The fourth-order valence-corrected chi connectivity index (χ4v) is 5.05. The first-order chi connectivity index (χ1) is 19.6. The number of alkyl halides is 3. The summed E-state index contributed by atoms with van der Waals surface area (Å²) in [7, 11) is 3.58. The second kappa shape index (κ2) is 10.3. The van der Waals surface area contributed by atoms with E-state index in [0.717, 1.165) is 6.07 Å². The lowest BCUT2D eigenvalue weighted by atomic mass is 9.99. The van der Waals surface area contributed by atoms with Crippen LogP contribution in [0.4, 0.5) is 24.8 Å². The van der Waals surface area contributed by atoms with Crippen LogP contribution in [0.3, 0.4) is 0 Å². The van der Waals surface area contributed by atoms with Gasteiger partial charge in [-0.15, -0.1) is 10.2 Å². The number of aryl methyl sites for hydroxylation is 2. The normalized spacial score (nSPS) is 15.4. The number of carbonyl (C=O) groups is 1. The third-order valence-corrected chi connectivity index (χ3v) is 7.11. The quantitative estimate of drug-likeness (QED) is 0.342. The molecule has 0 aliphatic carbocycles. The van der Waals surface area contributed by atoms with Crippen LogP contribution in [0.1, 0.15) is 34.0 Å². The van der Waals surface area contributed by atoms with Crippen LogP contribution in [0.25, 0.3) is 22.6 Å². The Morgan fingerprint density at radius 2 is 1.95 bits per heavy atom. The topological polar surface area (TPSA) is 112 Å². The van der Waals surface area contributed by atoms with E-state index in [-0.39, 0.29) is 41.8 Å². The van der Waals surface area contributed by atoms with Gasteiger partial charge in [-0.05, 0) is 42.3 Å². The SMILES string of the molecule is CCNc1cc(-c2c(-c3nncn3C)cnn2C)cc(N2Cc3c(cc(COC4COC4)cc3C(F)(F)F)C2=O)n1. The molecule has 1 saturated heterocycles. The lowest BCUT2D eigenvalue weighted by Crippen LogP contribution is -2.35. The van der Waals surface area contributed by atoms with Gasteiger partial charge in [-0.25, -0.2) is 4.98 Å². The number of hydrogen-bond donors (Lipinski definition) is 1. The number of anilines is 2. The van der Waals surface area contributed by atoms with E-state index < -0.39 is 17.6 Å². The lowest BCUT2D eigenvalue weighted by Gasteiger charge is -2.26. The van der Waals surface area contributed by atoms with E-state index in [2.05, 4.69) is 25.6 Å². The van der Waals surface area contributed by atoms with Crippen LogP contribution in [0.2, 0.25) is 0 Å². The molecule has 4 aromatic rings. The zero-order valence-electron chi connectivity index (χ0n) is 22.6. The Balaban J connectivity index is 1.41. The van der Waals surface area contributed by atoms with E-state index in [9.17, 15) is 18.0 Å². The molecule has 0 spiro atoms. The third kappa shape index (κ3) is 4.93. The average Bonchev–Trinajstić information content (AvgIpc) is 3.59. The summed E-state index contributed by atoms with van der Waals surface area (Å²) in [5, 5.41) is 15.7. The minimum Gasteiger partial charge on any atom is -0.376 e. The second-order valence-corrected chi connectivity index (χ2v) is 9.95. The highest BCUT2D eigenvalue weighted by Gasteiger charge is 2.41. The van der Waals surface area contributed by atoms with E-state index in [1.807, 2.05) is 14.0 Å². The largest absolute Gasteiger partial charge is 0.416 e. The van der Waals surface area contributed by atoms with Crippen molar-refractivity contribution < 1.29 is 27.4 Å². The van der Waals surface area contributed by atoms with Crippen LogP contribution in [-0.4, -0.2) is 61.3 Å². The van der Waals surface area contributed by atoms with E-state index in [4.69, 9.17) is 9.47 Å². The highest BCUT2D eigenvalue weighted by Crippen LogP contribution is 2.41.